The number of halogens is 1. The molecule has 0 amide bonds. The average Bonchev–Trinajstić information content (AvgIpc) is 3.06. The molecule has 7 heteroatoms. The fraction of sp³-hybridized carbons (Fsp3) is 0.214. The van der Waals surface area contributed by atoms with Gasteiger partial charge >= 0.3 is 0 Å². The SMILES string of the molecule is Cc1noc(C)c1CSc1nnc(-c2ccc(F)cc2)o1. The molecule has 0 radical (unpaired) electrons. The number of hydrogen-bond donors (Lipinski definition) is 0. The van der Waals surface area contributed by atoms with Crippen LogP contribution >= 0.6 is 11.8 Å². The summed E-state index contributed by atoms with van der Waals surface area (Å²) in [6.45, 7) is 3.76. The number of thioether (sulfide) groups is 1. The standard InChI is InChI=1S/C14H12FN3O2S/c1-8-12(9(2)20-18-8)7-21-14-17-16-13(19-14)10-3-5-11(15)6-4-10/h3-6H,7H2,1-2H3. The summed E-state index contributed by atoms with van der Waals surface area (Å²) in [5.74, 6) is 1.51. The fourth-order valence-electron chi connectivity index (χ4n) is 1.82. The highest BCUT2D eigenvalue weighted by molar-refractivity contribution is 7.98. The largest absolute Gasteiger partial charge is 0.411 e. The van der Waals surface area contributed by atoms with Crippen LogP contribution < -0.4 is 0 Å². The van der Waals surface area contributed by atoms with Crippen molar-refractivity contribution in [3.8, 4) is 11.5 Å². The molecule has 0 aliphatic carbocycles. The van der Waals surface area contributed by atoms with E-state index in [9.17, 15) is 4.39 Å². The number of benzene rings is 1. The van der Waals surface area contributed by atoms with Crippen molar-refractivity contribution < 1.29 is 13.3 Å². The molecule has 0 spiro atoms. The Labute approximate surface area is 124 Å². The van der Waals surface area contributed by atoms with Gasteiger partial charge in [-0.05, 0) is 38.1 Å². The Morgan fingerprint density at radius 2 is 1.90 bits per heavy atom. The normalized spacial score (nSPS) is 11.0. The van der Waals surface area contributed by atoms with E-state index in [-0.39, 0.29) is 5.82 Å². The van der Waals surface area contributed by atoms with Crippen LogP contribution in [0, 0.1) is 19.7 Å². The molecule has 21 heavy (non-hydrogen) atoms. The Bertz CT molecular complexity index is 732. The first-order valence-corrected chi connectivity index (χ1v) is 7.26. The molecular weight excluding hydrogens is 293 g/mol. The van der Waals surface area contributed by atoms with Gasteiger partial charge in [-0.15, -0.1) is 10.2 Å². The number of nitrogens with zero attached hydrogens (tertiary/aromatic N) is 3. The maximum absolute atomic E-state index is 12.9. The highest BCUT2D eigenvalue weighted by Gasteiger charge is 2.13. The highest BCUT2D eigenvalue weighted by atomic mass is 32.2. The molecule has 0 atom stereocenters. The van der Waals surface area contributed by atoms with Crippen LogP contribution in [0.5, 0.6) is 0 Å². The lowest BCUT2D eigenvalue weighted by Gasteiger charge is -1.96. The van der Waals surface area contributed by atoms with Crippen LogP contribution in [0.25, 0.3) is 11.5 Å². The van der Waals surface area contributed by atoms with Gasteiger partial charge in [-0.3, -0.25) is 0 Å². The topological polar surface area (TPSA) is 65.0 Å². The Morgan fingerprint density at radius 1 is 1.14 bits per heavy atom. The summed E-state index contributed by atoms with van der Waals surface area (Å²) >= 11 is 1.41. The molecule has 1 aromatic carbocycles. The van der Waals surface area contributed by atoms with E-state index in [1.807, 2.05) is 13.8 Å². The van der Waals surface area contributed by atoms with Gasteiger partial charge in [-0.2, -0.15) is 0 Å². The van der Waals surface area contributed by atoms with Crippen LogP contribution in [0.2, 0.25) is 0 Å². The Hall–Kier alpha value is -2.15. The van der Waals surface area contributed by atoms with Crippen molar-refractivity contribution in [3.63, 3.8) is 0 Å². The van der Waals surface area contributed by atoms with Crippen molar-refractivity contribution in [3.05, 3.63) is 47.1 Å². The number of rotatable bonds is 4. The molecule has 0 fully saturated rings. The summed E-state index contributed by atoms with van der Waals surface area (Å²) in [7, 11) is 0. The van der Waals surface area contributed by atoms with Crippen molar-refractivity contribution in [2.24, 2.45) is 0 Å². The van der Waals surface area contributed by atoms with Crippen molar-refractivity contribution >= 4 is 11.8 Å². The number of hydrogen-bond acceptors (Lipinski definition) is 6. The van der Waals surface area contributed by atoms with Crippen molar-refractivity contribution in [2.45, 2.75) is 24.8 Å². The third kappa shape index (κ3) is 2.97. The van der Waals surface area contributed by atoms with Crippen molar-refractivity contribution in [1.82, 2.24) is 15.4 Å². The first-order valence-electron chi connectivity index (χ1n) is 6.27. The summed E-state index contributed by atoms with van der Waals surface area (Å²) in [5, 5.41) is 12.3. The molecule has 0 saturated carbocycles. The lowest BCUT2D eigenvalue weighted by Crippen LogP contribution is -1.84. The Kier molecular flexibility index (Phi) is 3.74. The van der Waals surface area contributed by atoms with E-state index in [0.29, 0.717) is 22.4 Å². The van der Waals surface area contributed by atoms with Gasteiger partial charge in [0.15, 0.2) is 0 Å². The maximum Gasteiger partial charge on any atom is 0.277 e. The first kappa shape index (κ1) is 13.8. The zero-order chi connectivity index (χ0) is 14.8. The molecule has 0 bridgehead atoms. The molecule has 0 N–H and O–H groups in total. The second kappa shape index (κ2) is 5.69. The van der Waals surface area contributed by atoms with E-state index in [0.717, 1.165) is 17.0 Å². The van der Waals surface area contributed by atoms with Crippen LogP contribution in [0.4, 0.5) is 4.39 Å². The second-order valence-electron chi connectivity index (χ2n) is 4.47. The lowest BCUT2D eigenvalue weighted by atomic mass is 10.2. The Morgan fingerprint density at radius 3 is 2.57 bits per heavy atom. The van der Waals surface area contributed by atoms with Gasteiger partial charge in [0.2, 0.25) is 5.89 Å². The summed E-state index contributed by atoms with van der Waals surface area (Å²) in [6.07, 6.45) is 0. The van der Waals surface area contributed by atoms with Crippen LogP contribution in [-0.4, -0.2) is 15.4 Å². The lowest BCUT2D eigenvalue weighted by molar-refractivity contribution is 0.392. The first-order chi connectivity index (χ1) is 10.1. The van der Waals surface area contributed by atoms with Crippen LogP contribution in [0.3, 0.4) is 0 Å². The molecule has 2 aromatic heterocycles. The molecular formula is C14H12FN3O2S. The van der Waals surface area contributed by atoms with E-state index in [1.54, 1.807) is 12.1 Å². The van der Waals surface area contributed by atoms with Gasteiger partial charge < -0.3 is 8.94 Å². The summed E-state index contributed by atoms with van der Waals surface area (Å²) in [5.41, 5.74) is 2.58. The summed E-state index contributed by atoms with van der Waals surface area (Å²) in [6, 6.07) is 5.92. The monoisotopic (exact) mass is 305 g/mol. The van der Waals surface area contributed by atoms with Crippen molar-refractivity contribution in [1.29, 1.82) is 0 Å². The predicted octanol–water partition coefficient (Wildman–Crippen LogP) is 3.77. The van der Waals surface area contributed by atoms with Gasteiger partial charge in [0.25, 0.3) is 5.22 Å². The molecule has 2 heterocycles. The van der Waals surface area contributed by atoms with Crippen LogP contribution in [0.15, 0.2) is 38.4 Å². The predicted molar refractivity (Wildman–Crippen MR) is 75.2 cm³/mol. The van der Waals surface area contributed by atoms with Crippen molar-refractivity contribution in [2.75, 3.05) is 0 Å². The van der Waals surface area contributed by atoms with E-state index in [1.165, 1.54) is 23.9 Å². The maximum atomic E-state index is 12.9. The molecule has 0 unspecified atom stereocenters. The molecule has 3 rings (SSSR count). The van der Waals surface area contributed by atoms with Gasteiger partial charge in [0.1, 0.15) is 11.6 Å². The summed E-state index contributed by atoms with van der Waals surface area (Å²) < 4.78 is 23.5. The molecule has 3 aromatic rings. The quantitative estimate of drug-likeness (QED) is 0.684. The van der Waals surface area contributed by atoms with E-state index >= 15 is 0 Å². The third-order valence-corrected chi connectivity index (χ3v) is 3.86. The van der Waals surface area contributed by atoms with Gasteiger partial charge in [-0.1, -0.05) is 16.9 Å². The average molecular weight is 305 g/mol. The molecule has 0 aliphatic rings. The molecule has 5 nitrogen and oxygen atoms in total. The Balaban J connectivity index is 1.72. The minimum atomic E-state index is -0.300. The van der Waals surface area contributed by atoms with Gasteiger partial charge in [0, 0.05) is 16.9 Å². The molecule has 0 saturated heterocycles. The zero-order valence-corrected chi connectivity index (χ0v) is 12.3. The fourth-order valence-corrected chi connectivity index (χ4v) is 2.74. The van der Waals surface area contributed by atoms with Crippen LogP contribution in [0.1, 0.15) is 17.0 Å². The van der Waals surface area contributed by atoms with Gasteiger partial charge in [-0.25, -0.2) is 4.39 Å². The minimum absolute atomic E-state index is 0.300. The van der Waals surface area contributed by atoms with Gasteiger partial charge in [0.05, 0.1) is 5.69 Å². The van der Waals surface area contributed by atoms with E-state index < -0.39 is 0 Å². The highest BCUT2D eigenvalue weighted by Crippen LogP contribution is 2.27. The number of aryl methyl sites for hydroxylation is 2. The number of aromatic nitrogens is 3. The van der Waals surface area contributed by atoms with E-state index in [4.69, 9.17) is 8.94 Å². The third-order valence-electron chi connectivity index (χ3n) is 3.02. The second-order valence-corrected chi connectivity index (χ2v) is 5.40. The van der Waals surface area contributed by atoms with Crippen LogP contribution in [-0.2, 0) is 5.75 Å². The molecule has 108 valence electrons. The smallest absolute Gasteiger partial charge is 0.277 e. The summed E-state index contributed by atoms with van der Waals surface area (Å²) in [4.78, 5) is 0. The zero-order valence-electron chi connectivity index (χ0n) is 11.5. The molecule has 0 aliphatic heterocycles. The minimum Gasteiger partial charge on any atom is -0.411 e. The van der Waals surface area contributed by atoms with E-state index in [2.05, 4.69) is 15.4 Å².